The van der Waals surface area contributed by atoms with E-state index >= 15 is 0 Å². The van der Waals surface area contributed by atoms with Crippen molar-refractivity contribution >= 4 is 51.8 Å². The summed E-state index contributed by atoms with van der Waals surface area (Å²) in [6, 6.07) is 13.2. The monoisotopic (exact) mass is 328 g/mol. The van der Waals surface area contributed by atoms with Crippen LogP contribution in [0.15, 0.2) is 61.2 Å². The largest absolute Gasteiger partial charge is 0.142 e. The summed E-state index contributed by atoms with van der Waals surface area (Å²) < 4.78 is 1.43. The van der Waals surface area contributed by atoms with Gasteiger partial charge in [-0.3, -0.25) is 0 Å². The molecule has 0 fully saturated rings. The molecule has 96 valence electrons. The molecule has 0 radical (unpaired) electrons. The van der Waals surface area contributed by atoms with Crippen molar-refractivity contribution in [1.82, 2.24) is 0 Å². The molecule has 0 saturated heterocycles. The average molecular weight is 329 g/mol. The van der Waals surface area contributed by atoms with E-state index in [0.717, 1.165) is 0 Å². The van der Waals surface area contributed by atoms with E-state index < -0.39 is 0 Å². The predicted octanol–water partition coefficient (Wildman–Crippen LogP) is 6.40. The smallest absolute Gasteiger partial charge is 0.0585 e. The van der Waals surface area contributed by atoms with E-state index in [1.807, 2.05) is 46.2 Å². The Kier molecular flexibility index (Phi) is 2.50. The third-order valence-corrected chi connectivity index (χ3v) is 8.09. The van der Waals surface area contributed by atoms with Crippen LogP contribution in [0.1, 0.15) is 11.1 Å². The first-order valence-electron chi connectivity index (χ1n) is 6.27. The number of hydrogen-bond acceptors (Lipinski definition) is 4. The van der Waals surface area contributed by atoms with Crippen molar-refractivity contribution in [2.45, 2.75) is 9.79 Å². The second kappa shape index (κ2) is 4.28. The highest BCUT2D eigenvalue weighted by atomic mass is 32.2. The third kappa shape index (κ3) is 1.51. The molecule has 0 atom stereocenters. The van der Waals surface area contributed by atoms with Crippen molar-refractivity contribution in [3.63, 3.8) is 0 Å². The highest BCUT2D eigenvalue weighted by Crippen LogP contribution is 2.59. The van der Waals surface area contributed by atoms with Crippen LogP contribution in [0.5, 0.6) is 0 Å². The highest BCUT2D eigenvalue weighted by molar-refractivity contribution is 8.25. The van der Waals surface area contributed by atoms with Crippen LogP contribution in [0.2, 0.25) is 0 Å². The Hall–Kier alpha value is -0.940. The highest BCUT2D eigenvalue weighted by Gasteiger charge is 2.31. The summed E-state index contributed by atoms with van der Waals surface area (Å²) in [4.78, 5) is 5.69. The maximum Gasteiger partial charge on any atom is 0.0585 e. The third-order valence-electron chi connectivity index (χ3n) is 3.53. The van der Waals surface area contributed by atoms with Crippen molar-refractivity contribution in [3.8, 4) is 9.75 Å². The van der Waals surface area contributed by atoms with Gasteiger partial charge < -0.3 is 0 Å². The van der Waals surface area contributed by atoms with Gasteiger partial charge in [0.1, 0.15) is 0 Å². The van der Waals surface area contributed by atoms with Gasteiger partial charge in [-0.1, -0.05) is 35.7 Å². The van der Waals surface area contributed by atoms with Crippen molar-refractivity contribution in [1.29, 1.82) is 0 Å². The van der Waals surface area contributed by atoms with E-state index in [4.69, 9.17) is 0 Å². The average Bonchev–Trinajstić information content (AvgIpc) is 3.19. The van der Waals surface area contributed by atoms with Crippen molar-refractivity contribution in [2.75, 3.05) is 0 Å². The van der Waals surface area contributed by atoms with Gasteiger partial charge >= 0.3 is 0 Å². The molecule has 0 spiro atoms. The van der Waals surface area contributed by atoms with Crippen LogP contribution in [-0.2, 0) is 0 Å². The van der Waals surface area contributed by atoms with Crippen LogP contribution in [0, 0.1) is 0 Å². The normalized spacial score (nSPS) is 15.4. The zero-order valence-electron chi connectivity index (χ0n) is 10.3. The molecular formula is C16H8S4. The molecule has 0 amide bonds. The summed E-state index contributed by atoms with van der Waals surface area (Å²) in [5, 5.41) is 4.43. The number of thioether (sulfide) groups is 2. The Labute approximate surface area is 133 Å². The van der Waals surface area contributed by atoms with Crippen LogP contribution in [0.25, 0.3) is 15.3 Å². The molecule has 0 saturated carbocycles. The second-order valence-corrected chi connectivity index (χ2v) is 8.84. The van der Waals surface area contributed by atoms with Crippen LogP contribution in [-0.4, -0.2) is 0 Å². The van der Waals surface area contributed by atoms with E-state index in [1.54, 1.807) is 0 Å². The molecular weight excluding hydrogens is 320 g/mol. The molecule has 2 aliphatic rings. The summed E-state index contributed by atoms with van der Waals surface area (Å²) in [6.45, 7) is 0. The number of fused-ring (bicyclic) bond motifs is 4. The fraction of sp³-hybridized carbons (Fsp3) is 0. The summed E-state index contributed by atoms with van der Waals surface area (Å²) >= 11 is 7.57. The molecule has 4 heteroatoms. The van der Waals surface area contributed by atoms with Crippen LogP contribution >= 0.6 is 46.2 Å². The SMILES string of the molecule is c1ccc2c(c1)SC(=C1c3ccsc3-c3sccc31)S2. The number of benzene rings is 1. The molecule has 1 aromatic carbocycles. The van der Waals surface area contributed by atoms with Gasteiger partial charge in [0.05, 0.1) is 14.0 Å². The predicted molar refractivity (Wildman–Crippen MR) is 91.8 cm³/mol. The molecule has 5 rings (SSSR count). The van der Waals surface area contributed by atoms with Gasteiger partial charge in [0.25, 0.3) is 0 Å². The van der Waals surface area contributed by atoms with Gasteiger partial charge in [-0.15, -0.1) is 22.7 Å². The molecule has 3 heterocycles. The molecule has 0 nitrogen and oxygen atoms in total. The van der Waals surface area contributed by atoms with Crippen molar-refractivity contribution < 1.29 is 0 Å². The topological polar surface area (TPSA) is 0 Å². The molecule has 1 aliphatic heterocycles. The summed E-state index contributed by atoms with van der Waals surface area (Å²) in [5.41, 5.74) is 4.31. The fourth-order valence-electron chi connectivity index (χ4n) is 2.67. The Balaban J connectivity index is 1.76. The van der Waals surface area contributed by atoms with Crippen molar-refractivity contribution in [2.24, 2.45) is 0 Å². The minimum Gasteiger partial charge on any atom is -0.142 e. The zero-order valence-corrected chi connectivity index (χ0v) is 13.5. The van der Waals surface area contributed by atoms with Gasteiger partial charge in [0.2, 0.25) is 0 Å². The molecule has 0 unspecified atom stereocenters. The summed E-state index contributed by atoms with van der Waals surface area (Å²) in [6.07, 6.45) is 0. The summed E-state index contributed by atoms with van der Waals surface area (Å²) in [7, 11) is 0. The molecule has 20 heavy (non-hydrogen) atoms. The maximum absolute atomic E-state index is 2.28. The van der Waals surface area contributed by atoms with Gasteiger partial charge in [-0.25, -0.2) is 0 Å². The van der Waals surface area contributed by atoms with Crippen LogP contribution < -0.4 is 0 Å². The van der Waals surface area contributed by atoms with E-state index in [1.165, 1.54) is 40.5 Å². The maximum atomic E-state index is 2.28. The minimum atomic E-state index is 1.39. The zero-order chi connectivity index (χ0) is 13.1. The molecule has 2 aromatic heterocycles. The lowest BCUT2D eigenvalue weighted by Crippen LogP contribution is -1.79. The van der Waals surface area contributed by atoms with E-state index in [-0.39, 0.29) is 0 Å². The Morgan fingerprint density at radius 2 is 1.20 bits per heavy atom. The molecule has 3 aromatic rings. The molecule has 0 bridgehead atoms. The van der Waals surface area contributed by atoms with Crippen LogP contribution in [0.4, 0.5) is 0 Å². The molecule has 1 aliphatic carbocycles. The standard InChI is InChI=1S/C16H8S4/c1-2-4-12-11(3-1)19-16(20-12)13-9-5-7-17-14(9)15-10(13)6-8-18-15/h1-8H. The first-order chi connectivity index (χ1) is 9.92. The first-order valence-corrected chi connectivity index (χ1v) is 9.66. The van der Waals surface area contributed by atoms with E-state index in [2.05, 4.69) is 47.2 Å². The van der Waals surface area contributed by atoms with Crippen molar-refractivity contribution in [3.05, 3.63) is 62.5 Å². The second-order valence-electron chi connectivity index (χ2n) is 4.64. The van der Waals surface area contributed by atoms with E-state index in [0.29, 0.717) is 0 Å². The Bertz CT molecular complexity index is 797. The Morgan fingerprint density at radius 1 is 0.650 bits per heavy atom. The quantitative estimate of drug-likeness (QED) is 0.366. The van der Waals surface area contributed by atoms with Gasteiger partial charge in [-0.2, -0.15) is 0 Å². The number of rotatable bonds is 0. The minimum absolute atomic E-state index is 1.39. The lowest BCUT2D eigenvalue weighted by Gasteiger charge is -2.03. The Morgan fingerprint density at radius 3 is 1.75 bits per heavy atom. The van der Waals surface area contributed by atoms with Gasteiger partial charge in [0.15, 0.2) is 0 Å². The number of thiophene rings is 2. The summed E-state index contributed by atoms with van der Waals surface area (Å²) in [5.74, 6) is 0. The van der Waals surface area contributed by atoms with Crippen LogP contribution in [0.3, 0.4) is 0 Å². The lowest BCUT2D eigenvalue weighted by molar-refractivity contribution is 1.27. The lowest BCUT2D eigenvalue weighted by atomic mass is 10.1. The van der Waals surface area contributed by atoms with Gasteiger partial charge in [-0.05, 0) is 35.0 Å². The fourth-order valence-corrected chi connectivity index (χ4v) is 7.30. The first kappa shape index (κ1) is 11.7. The number of hydrogen-bond donors (Lipinski definition) is 0. The van der Waals surface area contributed by atoms with E-state index in [9.17, 15) is 0 Å². The molecule has 0 N–H and O–H groups in total. The van der Waals surface area contributed by atoms with Gasteiger partial charge in [0, 0.05) is 26.5 Å².